The number of carbonyl (C=O) groups is 3. The molecule has 1 N–H and O–H groups in total. The molecule has 1 aromatic carbocycles. The molecule has 6 heteroatoms. The molecule has 6 nitrogen and oxygen atoms in total. The summed E-state index contributed by atoms with van der Waals surface area (Å²) in [4.78, 5) is 39.1. The summed E-state index contributed by atoms with van der Waals surface area (Å²) in [6.07, 6.45) is 10.4. The molecule has 0 heterocycles. The van der Waals surface area contributed by atoms with Gasteiger partial charge in [-0.05, 0) is 44.1 Å². The molecule has 0 aliphatic heterocycles. The Bertz CT molecular complexity index is 801. The first kappa shape index (κ1) is 27.2. The van der Waals surface area contributed by atoms with Crippen molar-refractivity contribution in [1.82, 2.24) is 5.32 Å². The smallest absolute Gasteiger partial charge is 0.408 e. The van der Waals surface area contributed by atoms with E-state index in [9.17, 15) is 14.4 Å². The molecule has 0 radical (unpaired) electrons. The minimum atomic E-state index is -0.739. The molecule has 2 saturated carbocycles. The molecule has 1 unspecified atom stereocenters. The van der Waals surface area contributed by atoms with E-state index in [1.807, 2.05) is 30.3 Å². The molecule has 1 atom stereocenters. The maximum Gasteiger partial charge on any atom is 0.408 e. The van der Waals surface area contributed by atoms with Crippen LogP contribution in [0.3, 0.4) is 0 Å². The first-order chi connectivity index (χ1) is 16.7. The summed E-state index contributed by atoms with van der Waals surface area (Å²) in [6, 6.07) is 8.75. The molecular formula is C29H43NO5. The lowest BCUT2D eigenvalue weighted by molar-refractivity contribution is -0.156. The van der Waals surface area contributed by atoms with Crippen LogP contribution >= 0.6 is 0 Å². The summed E-state index contributed by atoms with van der Waals surface area (Å²) < 4.78 is 10.9. The molecule has 194 valence electrons. The molecule has 0 aromatic heterocycles. The molecule has 0 bridgehead atoms. The van der Waals surface area contributed by atoms with Gasteiger partial charge in [0.2, 0.25) is 0 Å². The van der Waals surface area contributed by atoms with Gasteiger partial charge in [-0.1, -0.05) is 94.5 Å². The van der Waals surface area contributed by atoms with Gasteiger partial charge >= 0.3 is 12.1 Å². The standard InChI is InChI=1S/C29H43NO5/c1-29(2,3)35-25(32)19-24(31)27(30-28(33)34-20-21-13-7-4-8-14-21)26(22-15-9-5-10-16-22)23-17-11-6-12-18-23/h4,7-8,13-14,22-23,26-27H,5-6,9-12,15-20H2,1-3H3,(H,30,33). The summed E-state index contributed by atoms with van der Waals surface area (Å²) in [5, 5.41) is 2.93. The molecular weight excluding hydrogens is 442 g/mol. The number of esters is 1. The first-order valence-electron chi connectivity index (χ1n) is 13.4. The number of ketones is 1. The summed E-state index contributed by atoms with van der Waals surface area (Å²) in [5.74, 6) is -0.0485. The number of amides is 1. The fraction of sp³-hybridized carbons (Fsp3) is 0.690. The van der Waals surface area contributed by atoms with Crippen LogP contribution in [0.5, 0.6) is 0 Å². The van der Waals surface area contributed by atoms with Crippen molar-refractivity contribution in [2.24, 2.45) is 17.8 Å². The minimum Gasteiger partial charge on any atom is -0.460 e. The quantitative estimate of drug-likeness (QED) is 0.325. The van der Waals surface area contributed by atoms with Crippen molar-refractivity contribution in [2.75, 3.05) is 0 Å². The third kappa shape index (κ3) is 8.97. The number of carbonyl (C=O) groups excluding carboxylic acids is 3. The van der Waals surface area contributed by atoms with E-state index < -0.39 is 23.7 Å². The van der Waals surface area contributed by atoms with Gasteiger partial charge in [-0.2, -0.15) is 0 Å². The van der Waals surface area contributed by atoms with E-state index in [1.165, 1.54) is 12.8 Å². The Hall–Kier alpha value is -2.37. The molecule has 3 rings (SSSR count). The van der Waals surface area contributed by atoms with Crippen LogP contribution in [0.25, 0.3) is 0 Å². The number of rotatable bonds is 9. The average molecular weight is 486 g/mol. The highest BCUT2D eigenvalue weighted by Gasteiger charge is 2.41. The summed E-state index contributed by atoms with van der Waals surface area (Å²) in [6.45, 7) is 5.51. The van der Waals surface area contributed by atoms with Gasteiger partial charge in [0, 0.05) is 0 Å². The first-order valence-corrected chi connectivity index (χ1v) is 13.4. The highest BCUT2D eigenvalue weighted by atomic mass is 16.6. The van der Waals surface area contributed by atoms with E-state index in [-0.39, 0.29) is 24.7 Å². The SMILES string of the molecule is CC(C)(C)OC(=O)CC(=O)C(NC(=O)OCc1ccccc1)C(C1CCCCC1)C1CCCCC1. The Morgan fingerprint density at radius 2 is 1.43 bits per heavy atom. The van der Waals surface area contributed by atoms with Crippen LogP contribution < -0.4 is 5.32 Å². The topological polar surface area (TPSA) is 81.7 Å². The second-order valence-corrected chi connectivity index (χ2v) is 11.3. The van der Waals surface area contributed by atoms with Gasteiger partial charge < -0.3 is 14.8 Å². The highest BCUT2D eigenvalue weighted by molar-refractivity contribution is 6.00. The monoisotopic (exact) mass is 485 g/mol. The maximum atomic E-state index is 13.6. The second kappa shape index (κ2) is 13.1. The molecule has 35 heavy (non-hydrogen) atoms. The van der Waals surface area contributed by atoms with E-state index >= 15 is 0 Å². The average Bonchev–Trinajstić information content (AvgIpc) is 2.83. The van der Waals surface area contributed by atoms with Crippen molar-refractivity contribution < 1.29 is 23.9 Å². The van der Waals surface area contributed by atoms with E-state index in [4.69, 9.17) is 9.47 Å². The number of hydrogen-bond donors (Lipinski definition) is 1. The summed E-state index contributed by atoms with van der Waals surface area (Å²) in [7, 11) is 0. The number of alkyl carbamates (subject to hydrolysis) is 1. The molecule has 0 saturated heterocycles. The Morgan fingerprint density at radius 1 is 0.886 bits per heavy atom. The molecule has 1 aromatic rings. The molecule has 2 aliphatic rings. The van der Waals surface area contributed by atoms with Crippen molar-refractivity contribution in [1.29, 1.82) is 0 Å². The third-order valence-corrected chi connectivity index (χ3v) is 7.34. The van der Waals surface area contributed by atoms with Crippen molar-refractivity contribution in [3.8, 4) is 0 Å². The van der Waals surface area contributed by atoms with Crippen LogP contribution in [0, 0.1) is 17.8 Å². The summed E-state index contributed by atoms with van der Waals surface area (Å²) in [5.41, 5.74) is 0.219. The lowest BCUT2D eigenvalue weighted by atomic mass is 9.66. The zero-order valence-electron chi connectivity index (χ0n) is 21.7. The van der Waals surface area contributed by atoms with Gasteiger partial charge in [0.25, 0.3) is 0 Å². The number of benzene rings is 1. The number of ether oxygens (including phenoxy) is 2. The van der Waals surface area contributed by atoms with Gasteiger partial charge in [-0.3, -0.25) is 9.59 Å². The van der Waals surface area contributed by atoms with Gasteiger partial charge in [0.15, 0.2) is 5.78 Å². The van der Waals surface area contributed by atoms with E-state index in [0.717, 1.165) is 56.9 Å². The third-order valence-electron chi connectivity index (χ3n) is 7.34. The second-order valence-electron chi connectivity index (χ2n) is 11.3. The fourth-order valence-corrected chi connectivity index (χ4v) is 5.88. The number of nitrogens with one attached hydrogen (secondary N) is 1. The molecule has 0 spiro atoms. The number of hydrogen-bond acceptors (Lipinski definition) is 5. The van der Waals surface area contributed by atoms with E-state index in [0.29, 0.717) is 11.8 Å². The lowest BCUT2D eigenvalue weighted by Crippen LogP contribution is -2.52. The zero-order valence-corrected chi connectivity index (χ0v) is 21.7. The van der Waals surface area contributed by atoms with E-state index in [2.05, 4.69) is 5.32 Å². The maximum absolute atomic E-state index is 13.6. The van der Waals surface area contributed by atoms with E-state index in [1.54, 1.807) is 20.8 Å². The van der Waals surface area contributed by atoms with Crippen molar-refractivity contribution in [2.45, 2.75) is 110 Å². The van der Waals surface area contributed by atoms with Crippen LogP contribution in [0.1, 0.15) is 97.0 Å². The van der Waals surface area contributed by atoms with Gasteiger partial charge in [-0.25, -0.2) is 4.79 Å². The van der Waals surface area contributed by atoms with Crippen LogP contribution in [0.15, 0.2) is 30.3 Å². The minimum absolute atomic E-state index is 0.0230. The van der Waals surface area contributed by atoms with Gasteiger partial charge in [0.1, 0.15) is 18.6 Å². The van der Waals surface area contributed by atoms with Crippen LogP contribution in [-0.4, -0.2) is 29.5 Å². The van der Waals surface area contributed by atoms with Gasteiger partial charge in [0.05, 0.1) is 6.04 Å². The predicted molar refractivity (Wildman–Crippen MR) is 136 cm³/mol. The van der Waals surface area contributed by atoms with Crippen molar-refractivity contribution in [3.63, 3.8) is 0 Å². The Balaban J connectivity index is 1.79. The normalized spacial score (nSPS) is 18.6. The Kier molecular flexibility index (Phi) is 10.2. The Morgan fingerprint density at radius 3 is 1.94 bits per heavy atom. The van der Waals surface area contributed by atoms with Crippen molar-refractivity contribution in [3.05, 3.63) is 35.9 Å². The summed E-state index contributed by atoms with van der Waals surface area (Å²) >= 11 is 0. The Labute approximate surface area is 210 Å². The largest absolute Gasteiger partial charge is 0.460 e. The van der Waals surface area contributed by atoms with Crippen molar-refractivity contribution >= 4 is 17.8 Å². The van der Waals surface area contributed by atoms with Crippen LogP contribution in [-0.2, 0) is 25.7 Å². The molecule has 1 amide bonds. The highest BCUT2D eigenvalue weighted by Crippen LogP contribution is 2.42. The van der Waals surface area contributed by atoms with Crippen LogP contribution in [0.4, 0.5) is 4.79 Å². The fourth-order valence-electron chi connectivity index (χ4n) is 5.88. The lowest BCUT2D eigenvalue weighted by Gasteiger charge is -2.41. The predicted octanol–water partition coefficient (Wildman–Crippen LogP) is 6.36. The number of Topliss-reactive ketones (excluding diaryl/α,β-unsaturated/α-hetero) is 1. The molecule has 2 aliphatic carbocycles. The zero-order chi connectivity index (χ0) is 25.3. The van der Waals surface area contributed by atoms with Gasteiger partial charge in [-0.15, -0.1) is 0 Å². The molecule has 2 fully saturated rings. The van der Waals surface area contributed by atoms with Crippen LogP contribution in [0.2, 0.25) is 0 Å².